The molecule has 0 saturated carbocycles. The van der Waals surface area contributed by atoms with Crippen LogP contribution in [0.3, 0.4) is 0 Å². The van der Waals surface area contributed by atoms with E-state index < -0.39 is 0 Å². The summed E-state index contributed by atoms with van der Waals surface area (Å²) >= 11 is 7.21. The molecule has 1 N–H and O–H groups in total. The number of hydrazone groups is 1. The van der Waals surface area contributed by atoms with Gasteiger partial charge in [-0.3, -0.25) is 19.1 Å². The van der Waals surface area contributed by atoms with Gasteiger partial charge in [0.1, 0.15) is 5.15 Å². The second-order valence-electron chi connectivity index (χ2n) is 4.63. The lowest BCUT2D eigenvalue weighted by atomic mass is 10.3. The van der Waals surface area contributed by atoms with Crippen molar-refractivity contribution in [3.05, 3.63) is 80.1 Å². The van der Waals surface area contributed by atoms with Crippen molar-refractivity contribution in [1.82, 2.24) is 15.0 Å². The van der Waals surface area contributed by atoms with E-state index in [1.165, 1.54) is 23.2 Å². The Balaban J connectivity index is 1.79. The highest BCUT2D eigenvalue weighted by Gasteiger charge is 2.13. The molecule has 0 atom stereocenters. The molecule has 24 heavy (non-hydrogen) atoms. The number of pyridine rings is 1. The number of hydrogen-bond donors (Lipinski definition) is 1. The molecule has 0 aliphatic heterocycles. The minimum Gasteiger partial charge on any atom is -0.267 e. The van der Waals surface area contributed by atoms with Crippen LogP contribution in [0.2, 0.25) is 5.15 Å². The number of para-hydroxylation sites is 1. The molecule has 0 bridgehead atoms. The molecular formula is C16H11ClN4O2S. The average molecular weight is 359 g/mol. The van der Waals surface area contributed by atoms with Crippen molar-refractivity contribution in [2.24, 2.45) is 5.10 Å². The van der Waals surface area contributed by atoms with Crippen LogP contribution in [0.1, 0.15) is 15.2 Å². The van der Waals surface area contributed by atoms with Crippen LogP contribution in [0.4, 0.5) is 0 Å². The van der Waals surface area contributed by atoms with Crippen LogP contribution >= 0.6 is 22.9 Å². The van der Waals surface area contributed by atoms with E-state index in [4.69, 9.17) is 11.6 Å². The highest BCUT2D eigenvalue weighted by molar-refractivity contribution is 7.11. The summed E-state index contributed by atoms with van der Waals surface area (Å²) in [5, 5.41) is 4.10. The predicted octanol–water partition coefficient (Wildman–Crippen LogP) is 2.71. The second kappa shape index (κ2) is 7.20. The molecule has 0 fully saturated rings. The molecule has 0 spiro atoms. The molecule has 2 heterocycles. The fourth-order valence-corrected chi connectivity index (χ4v) is 3.11. The first kappa shape index (κ1) is 16.1. The Hall–Kier alpha value is -2.77. The third-order valence-corrected chi connectivity index (χ3v) is 4.44. The molecule has 0 unspecified atom stereocenters. The van der Waals surface area contributed by atoms with Crippen molar-refractivity contribution in [3.63, 3.8) is 0 Å². The maximum Gasteiger partial charge on any atom is 0.313 e. The number of rotatable bonds is 4. The summed E-state index contributed by atoms with van der Waals surface area (Å²) in [7, 11) is 0. The van der Waals surface area contributed by atoms with Gasteiger partial charge >= 0.3 is 4.87 Å². The van der Waals surface area contributed by atoms with E-state index in [2.05, 4.69) is 15.5 Å². The number of nitrogens with one attached hydrogen (secondary N) is 1. The maximum atomic E-state index is 12.1. The fourth-order valence-electron chi connectivity index (χ4n) is 1.96. The van der Waals surface area contributed by atoms with Gasteiger partial charge in [0.2, 0.25) is 0 Å². The SMILES string of the molecule is O=C(N/N=C/c1sc(=O)n(-c2ccccc2)c1Cl)c1ccncc1. The van der Waals surface area contributed by atoms with Crippen molar-refractivity contribution in [1.29, 1.82) is 0 Å². The first-order chi connectivity index (χ1) is 11.7. The zero-order chi connectivity index (χ0) is 16.9. The first-order valence-electron chi connectivity index (χ1n) is 6.87. The largest absolute Gasteiger partial charge is 0.313 e. The van der Waals surface area contributed by atoms with Crippen molar-refractivity contribution in [2.75, 3.05) is 0 Å². The van der Waals surface area contributed by atoms with Gasteiger partial charge in [0.15, 0.2) is 0 Å². The smallest absolute Gasteiger partial charge is 0.267 e. The Kier molecular flexibility index (Phi) is 4.83. The van der Waals surface area contributed by atoms with Gasteiger partial charge in [-0.1, -0.05) is 41.1 Å². The summed E-state index contributed by atoms with van der Waals surface area (Å²) in [5.41, 5.74) is 3.49. The first-order valence-corrected chi connectivity index (χ1v) is 8.06. The molecule has 1 aromatic carbocycles. The van der Waals surface area contributed by atoms with Gasteiger partial charge in [0, 0.05) is 18.0 Å². The molecule has 0 saturated heterocycles. The number of thiazole rings is 1. The van der Waals surface area contributed by atoms with E-state index in [9.17, 15) is 9.59 Å². The molecular weight excluding hydrogens is 348 g/mol. The van der Waals surface area contributed by atoms with E-state index in [-0.39, 0.29) is 15.9 Å². The van der Waals surface area contributed by atoms with Gasteiger partial charge in [-0.15, -0.1) is 0 Å². The number of hydrogen-bond acceptors (Lipinski definition) is 5. The zero-order valence-corrected chi connectivity index (χ0v) is 13.8. The lowest BCUT2D eigenvalue weighted by Gasteiger charge is -2.02. The monoisotopic (exact) mass is 358 g/mol. The molecule has 8 heteroatoms. The fraction of sp³-hybridized carbons (Fsp3) is 0. The van der Waals surface area contributed by atoms with Gasteiger partial charge in [-0.05, 0) is 24.3 Å². The summed E-state index contributed by atoms with van der Waals surface area (Å²) in [6.45, 7) is 0. The number of carbonyl (C=O) groups excluding carboxylic acids is 1. The van der Waals surface area contributed by atoms with E-state index in [1.807, 2.05) is 18.2 Å². The second-order valence-corrected chi connectivity index (χ2v) is 5.98. The number of aromatic nitrogens is 2. The van der Waals surface area contributed by atoms with E-state index in [0.717, 1.165) is 11.3 Å². The molecule has 120 valence electrons. The van der Waals surface area contributed by atoms with Gasteiger partial charge in [-0.25, -0.2) is 5.43 Å². The van der Waals surface area contributed by atoms with Crippen LogP contribution < -0.4 is 10.3 Å². The van der Waals surface area contributed by atoms with Crippen LogP contribution in [0, 0.1) is 0 Å². The quantitative estimate of drug-likeness (QED) is 0.575. The summed E-state index contributed by atoms with van der Waals surface area (Å²) in [6, 6.07) is 12.2. The van der Waals surface area contributed by atoms with Gasteiger partial charge in [0.25, 0.3) is 5.91 Å². The van der Waals surface area contributed by atoms with Crippen LogP contribution in [0.25, 0.3) is 5.69 Å². The summed E-state index contributed by atoms with van der Waals surface area (Å²) in [6.07, 6.45) is 4.38. The van der Waals surface area contributed by atoms with Crippen LogP contribution in [0.5, 0.6) is 0 Å². The third kappa shape index (κ3) is 3.42. The number of halogens is 1. The Labute approximate surface area is 146 Å². The van der Waals surface area contributed by atoms with Gasteiger partial charge in [-0.2, -0.15) is 5.10 Å². The normalized spacial score (nSPS) is 10.9. The zero-order valence-electron chi connectivity index (χ0n) is 12.2. The standard InChI is InChI=1S/C16H11ClN4O2S/c17-14-13(10-19-20-15(22)11-6-8-18-9-7-11)24-16(23)21(14)12-4-2-1-3-5-12/h1-10H,(H,20,22)/b19-10+. The number of nitrogens with zero attached hydrogens (tertiary/aromatic N) is 3. The van der Waals surface area contributed by atoms with Crippen molar-refractivity contribution in [3.8, 4) is 5.69 Å². The van der Waals surface area contributed by atoms with Crippen LogP contribution in [-0.4, -0.2) is 21.7 Å². The van der Waals surface area contributed by atoms with E-state index in [0.29, 0.717) is 16.1 Å². The number of amides is 1. The summed E-state index contributed by atoms with van der Waals surface area (Å²) < 4.78 is 1.39. The average Bonchev–Trinajstić information content (AvgIpc) is 2.90. The minimum atomic E-state index is -0.375. The molecule has 0 aliphatic rings. The summed E-state index contributed by atoms with van der Waals surface area (Å²) in [4.78, 5) is 28.1. The van der Waals surface area contributed by atoms with Crippen molar-refractivity contribution in [2.45, 2.75) is 0 Å². The lowest BCUT2D eigenvalue weighted by molar-refractivity contribution is 0.0955. The maximum absolute atomic E-state index is 12.1. The van der Waals surface area contributed by atoms with E-state index >= 15 is 0 Å². The highest BCUT2D eigenvalue weighted by Crippen LogP contribution is 2.20. The van der Waals surface area contributed by atoms with Crippen LogP contribution in [-0.2, 0) is 0 Å². The molecule has 0 aliphatic carbocycles. The molecule has 1 amide bonds. The molecule has 3 aromatic rings. The summed E-state index contributed by atoms with van der Waals surface area (Å²) in [5.74, 6) is -0.375. The van der Waals surface area contributed by atoms with Crippen molar-refractivity contribution >= 4 is 35.1 Å². The van der Waals surface area contributed by atoms with E-state index in [1.54, 1.807) is 24.3 Å². The van der Waals surface area contributed by atoms with Crippen molar-refractivity contribution < 1.29 is 4.79 Å². The molecule has 2 aromatic heterocycles. The minimum absolute atomic E-state index is 0.229. The molecule has 0 radical (unpaired) electrons. The lowest BCUT2D eigenvalue weighted by Crippen LogP contribution is -2.17. The Morgan fingerprint density at radius 3 is 2.62 bits per heavy atom. The van der Waals surface area contributed by atoms with Crippen LogP contribution in [0.15, 0.2) is 64.8 Å². The van der Waals surface area contributed by atoms with Gasteiger partial charge < -0.3 is 0 Å². The Morgan fingerprint density at radius 2 is 1.92 bits per heavy atom. The Morgan fingerprint density at radius 1 is 1.21 bits per heavy atom. The van der Waals surface area contributed by atoms with Gasteiger partial charge in [0.05, 0.1) is 16.8 Å². The third-order valence-electron chi connectivity index (χ3n) is 3.08. The molecule has 3 rings (SSSR count). The molecule has 6 nitrogen and oxygen atoms in total. The highest BCUT2D eigenvalue weighted by atomic mass is 35.5. The predicted molar refractivity (Wildman–Crippen MR) is 94.2 cm³/mol. The number of carbonyl (C=O) groups is 1. The topological polar surface area (TPSA) is 76.3 Å². The number of benzene rings is 1. The Bertz CT molecular complexity index is 936.